The van der Waals surface area contributed by atoms with Crippen molar-refractivity contribution in [3.05, 3.63) is 46.9 Å². The van der Waals surface area contributed by atoms with Crippen LogP contribution in [-0.4, -0.2) is 52.9 Å². The first kappa shape index (κ1) is 25.3. The van der Waals surface area contributed by atoms with E-state index >= 15 is 0 Å². The molecule has 4 rings (SSSR count). The normalized spacial score (nSPS) is 11.1. The Kier molecular flexibility index (Phi) is 7.63. The summed E-state index contributed by atoms with van der Waals surface area (Å²) < 4.78 is 46.1. The van der Waals surface area contributed by atoms with Crippen molar-refractivity contribution in [2.45, 2.75) is 26.8 Å². The van der Waals surface area contributed by atoms with Crippen LogP contribution in [0, 0.1) is 11.6 Å². The SMILES string of the molecule is CCOc1cc(-c2cc(NCCn3c(CC)nc4c(OC)cc(F)c(F)c43)ncn2)sc1C(=O)OC. The molecule has 0 spiro atoms. The van der Waals surface area contributed by atoms with E-state index in [4.69, 9.17) is 14.2 Å². The highest BCUT2D eigenvalue weighted by molar-refractivity contribution is 7.17. The van der Waals surface area contributed by atoms with Gasteiger partial charge in [0, 0.05) is 37.7 Å². The Morgan fingerprint density at radius 1 is 1.14 bits per heavy atom. The van der Waals surface area contributed by atoms with Gasteiger partial charge >= 0.3 is 5.97 Å². The van der Waals surface area contributed by atoms with Crippen molar-refractivity contribution >= 4 is 34.2 Å². The number of methoxy groups -OCH3 is 2. The first-order valence-electron chi connectivity index (χ1n) is 11.2. The quantitative estimate of drug-likeness (QED) is 0.302. The number of esters is 1. The van der Waals surface area contributed by atoms with Gasteiger partial charge in [0.2, 0.25) is 0 Å². The van der Waals surface area contributed by atoms with E-state index in [-0.39, 0.29) is 16.8 Å². The monoisotopic (exact) mass is 517 g/mol. The average molecular weight is 518 g/mol. The lowest BCUT2D eigenvalue weighted by Crippen LogP contribution is -2.14. The predicted octanol–water partition coefficient (Wildman–Crippen LogP) is 4.70. The van der Waals surface area contributed by atoms with Gasteiger partial charge in [0.25, 0.3) is 0 Å². The zero-order valence-corrected chi connectivity index (χ0v) is 21.0. The number of nitrogens with one attached hydrogen (secondary N) is 1. The topological polar surface area (TPSA) is 100 Å². The Morgan fingerprint density at radius 3 is 2.64 bits per heavy atom. The highest BCUT2D eigenvalue weighted by atomic mass is 32.1. The maximum atomic E-state index is 14.7. The summed E-state index contributed by atoms with van der Waals surface area (Å²) in [6.45, 7) is 4.78. The summed E-state index contributed by atoms with van der Waals surface area (Å²) in [6.07, 6.45) is 1.93. The summed E-state index contributed by atoms with van der Waals surface area (Å²) in [5, 5.41) is 3.19. The number of anilines is 1. The molecule has 0 saturated carbocycles. The molecule has 1 N–H and O–H groups in total. The maximum absolute atomic E-state index is 14.7. The van der Waals surface area contributed by atoms with Crippen molar-refractivity contribution in [1.29, 1.82) is 0 Å². The minimum Gasteiger partial charge on any atom is -0.494 e. The molecule has 0 fully saturated rings. The molecule has 0 radical (unpaired) electrons. The third-order valence-corrected chi connectivity index (χ3v) is 6.54. The number of thiophene rings is 1. The Morgan fingerprint density at radius 2 is 1.94 bits per heavy atom. The molecule has 0 atom stereocenters. The van der Waals surface area contributed by atoms with Crippen molar-refractivity contribution in [3.63, 3.8) is 0 Å². The lowest BCUT2D eigenvalue weighted by Gasteiger charge is -2.11. The van der Waals surface area contributed by atoms with Gasteiger partial charge in [0.1, 0.15) is 40.5 Å². The summed E-state index contributed by atoms with van der Waals surface area (Å²) >= 11 is 1.21. The van der Waals surface area contributed by atoms with Gasteiger partial charge in [-0.1, -0.05) is 6.92 Å². The number of hydrogen-bond acceptors (Lipinski definition) is 9. The average Bonchev–Trinajstić information content (AvgIpc) is 3.48. The Hall–Kier alpha value is -3.80. The fourth-order valence-corrected chi connectivity index (χ4v) is 4.79. The fraction of sp³-hybridized carbons (Fsp3) is 0.333. The molecule has 9 nitrogen and oxygen atoms in total. The number of halogens is 2. The Labute approximate surface area is 210 Å². The van der Waals surface area contributed by atoms with Crippen LogP contribution in [-0.2, 0) is 17.7 Å². The molecule has 3 heterocycles. The van der Waals surface area contributed by atoms with Gasteiger partial charge in [0.05, 0.1) is 31.4 Å². The molecule has 190 valence electrons. The minimum atomic E-state index is -0.995. The van der Waals surface area contributed by atoms with Crippen molar-refractivity contribution in [2.75, 3.05) is 32.7 Å². The molecule has 36 heavy (non-hydrogen) atoms. The zero-order valence-electron chi connectivity index (χ0n) is 20.2. The molecular weight excluding hydrogens is 492 g/mol. The van der Waals surface area contributed by atoms with Crippen molar-refractivity contribution in [2.24, 2.45) is 0 Å². The second kappa shape index (κ2) is 10.9. The molecule has 0 bridgehead atoms. The van der Waals surface area contributed by atoms with Crippen molar-refractivity contribution in [1.82, 2.24) is 19.5 Å². The summed E-state index contributed by atoms with van der Waals surface area (Å²) in [6, 6.07) is 4.48. The van der Waals surface area contributed by atoms with Crippen LogP contribution in [0.3, 0.4) is 0 Å². The van der Waals surface area contributed by atoms with Gasteiger partial charge in [0.15, 0.2) is 16.5 Å². The number of aromatic nitrogens is 4. The summed E-state index contributed by atoms with van der Waals surface area (Å²) in [5.41, 5.74) is 0.932. The number of fused-ring (bicyclic) bond motifs is 1. The van der Waals surface area contributed by atoms with E-state index in [1.54, 1.807) is 16.7 Å². The van der Waals surface area contributed by atoms with Gasteiger partial charge < -0.3 is 24.1 Å². The number of hydrogen-bond donors (Lipinski definition) is 1. The highest BCUT2D eigenvalue weighted by Crippen LogP contribution is 2.36. The molecule has 3 aromatic heterocycles. The van der Waals surface area contributed by atoms with Crippen LogP contribution >= 0.6 is 11.3 Å². The number of imidazole rings is 1. The third-order valence-electron chi connectivity index (χ3n) is 5.42. The minimum absolute atomic E-state index is 0.0613. The number of nitrogens with zero attached hydrogens (tertiary/aromatic N) is 4. The van der Waals surface area contributed by atoms with Crippen molar-refractivity contribution in [3.8, 4) is 22.1 Å². The number of carbonyl (C=O) groups excluding carboxylic acids is 1. The van der Waals surface area contributed by atoms with E-state index in [2.05, 4.69) is 20.3 Å². The van der Waals surface area contributed by atoms with Gasteiger partial charge in [-0.2, -0.15) is 0 Å². The molecule has 0 aliphatic rings. The van der Waals surface area contributed by atoms with Crippen LogP contribution in [0.25, 0.3) is 21.6 Å². The van der Waals surface area contributed by atoms with Gasteiger partial charge in [-0.25, -0.2) is 28.5 Å². The molecule has 0 aliphatic carbocycles. The van der Waals surface area contributed by atoms with Gasteiger partial charge in [-0.15, -0.1) is 11.3 Å². The Balaban J connectivity index is 1.56. The first-order chi connectivity index (χ1) is 17.4. The molecule has 12 heteroatoms. The zero-order chi connectivity index (χ0) is 25.8. The molecular formula is C24H25F2N5O4S. The van der Waals surface area contributed by atoms with Crippen LogP contribution in [0.15, 0.2) is 24.5 Å². The second-order valence-corrected chi connectivity index (χ2v) is 8.60. The lowest BCUT2D eigenvalue weighted by atomic mass is 10.2. The summed E-state index contributed by atoms with van der Waals surface area (Å²) in [7, 11) is 2.71. The molecule has 1 aromatic carbocycles. The fourth-order valence-electron chi connectivity index (χ4n) is 3.80. The number of benzene rings is 1. The largest absolute Gasteiger partial charge is 0.494 e. The molecule has 0 saturated heterocycles. The Bertz CT molecular complexity index is 1410. The predicted molar refractivity (Wildman–Crippen MR) is 132 cm³/mol. The van der Waals surface area contributed by atoms with Gasteiger partial charge in [-0.3, -0.25) is 0 Å². The smallest absolute Gasteiger partial charge is 0.351 e. The van der Waals surface area contributed by atoms with E-state index < -0.39 is 17.6 Å². The standard InChI is InChI=1S/C24H25F2N5O4S/c1-5-19-30-21-15(33-3)9-13(25)20(26)22(21)31(19)8-7-27-18-10-14(28-12-29-18)17-11-16(35-6-2)23(36-17)24(32)34-4/h9-12H,5-8H2,1-4H3,(H,27,28,29). The second-order valence-electron chi connectivity index (χ2n) is 7.55. The maximum Gasteiger partial charge on any atom is 0.351 e. The molecule has 0 amide bonds. The molecule has 0 unspecified atom stereocenters. The van der Waals surface area contributed by atoms with E-state index in [1.807, 2.05) is 13.8 Å². The van der Waals surface area contributed by atoms with E-state index in [0.29, 0.717) is 59.0 Å². The number of aryl methyl sites for hydroxylation is 1. The van der Waals surface area contributed by atoms with E-state index in [0.717, 1.165) is 6.07 Å². The third kappa shape index (κ3) is 4.81. The van der Waals surface area contributed by atoms with E-state index in [9.17, 15) is 13.6 Å². The number of carbonyl (C=O) groups is 1. The van der Waals surface area contributed by atoms with Gasteiger partial charge in [-0.05, 0) is 6.92 Å². The van der Waals surface area contributed by atoms with Crippen molar-refractivity contribution < 1.29 is 27.8 Å². The number of rotatable bonds is 10. The lowest BCUT2D eigenvalue weighted by molar-refractivity contribution is 0.0602. The van der Waals surface area contributed by atoms with Crippen LogP contribution in [0.5, 0.6) is 11.5 Å². The van der Waals surface area contributed by atoms with Crippen LogP contribution < -0.4 is 14.8 Å². The summed E-state index contributed by atoms with van der Waals surface area (Å²) in [5.74, 6) is -0.702. The molecule has 4 aromatic rings. The summed E-state index contributed by atoms with van der Waals surface area (Å²) in [4.78, 5) is 26.2. The first-order valence-corrected chi connectivity index (χ1v) is 12.1. The van der Waals surface area contributed by atoms with Crippen LogP contribution in [0.1, 0.15) is 29.3 Å². The molecule has 0 aliphatic heterocycles. The number of ether oxygens (including phenoxy) is 3. The van der Waals surface area contributed by atoms with E-state index in [1.165, 1.54) is 31.9 Å². The van der Waals surface area contributed by atoms with Crippen LogP contribution in [0.4, 0.5) is 14.6 Å². The van der Waals surface area contributed by atoms with Crippen LogP contribution in [0.2, 0.25) is 0 Å². The highest BCUT2D eigenvalue weighted by Gasteiger charge is 2.22.